The number of nitrogens with one attached hydrogen (secondary N) is 1. The number of fused-ring (bicyclic) bond motifs is 1. The number of amides is 2. The van der Waals surface area contributed by atoms with Crippen LogP contribution in [0.3, 0.4) is 0 Å². The zero-order chi connectivity index (χ0) is 23.7. The molecule has 0 aromatic carbocycles. The van der Waals surface area contributed by atoms with Crippen LogP contribution in [0.25, 0.3) is 10.2 Å². The number of hydrogen-bond acceptors (Lipinski definition) is 5. The second-order valence-corrected chi connectivity index (χ2v) is 11.3. The van der Waals surface area contributed by atoms with Crippen molar-refractivity contribution < 1.29 is 14.7 Å². The van der Waals surface area contributed by atoms with Gasteiger partial charge in [0.25, 0.3) is 5.91 Å². The standard InChI is InChI=1S/C25H37N5O3S/c1-17-21-16-22(34-24(21)30(27-17)20-6-3-2-4-7-20)23(31)26-18-8-10-19(11-9-18)28-12-5-13-29(15-14-28)25(32)33/h16,18-20H,2-15H2,1H3,(H,26,31)(H,32,33)/t18-,19-. The fraction of sp³-hybridized carbons (Fsp3) is 0.720. The summed E-state index contributed by atoms with van der Waals surface area (Å²) < 4.78 is 2.20. The maximum atomic E-state index is 13.1. The average molecular weight is 488 g/mol. The van der Waals surface area contributed by atoms with E-state index in [1.54, 1.807) is 11.3 Å². The lowest BCUT2D eigenvalue weighted by Crippen LogP contribution is -2.45. The van der Waals surface area contributed by atoms with Gasteiger partial charge in [-0.15, -0.1) is 11.3 Å². The molecule has 2 saturated carbocycles. The minimum Gasteiger partial charge on any atom is -0.465 e. The second-order valence-electron chi connectivity index (χ2n) is 10.3. The van der Waals surface area contributed by atoms with Gasteiger partial charge in [0.05, 0.1) is 16.6 Å². The van der Waals surface area contributed by atoms with Crippen LogP contribution in [0.2, 0.25) is 0 Å². The number of aromatic nitrogens is 2. The third-order valence-electron chi connectivity index (χ3n) is 8.06. The maximum absolute atomic E-state index is 13.1. The Kier molecular flexibility index (Phi) is 7.11. The van der Waals surface area contributed by atoms with E-state index in [4.69, 9.17) is 5.10 Å². The average Bonchev–Trinajstić information content (AvgIpc) is 3.31. The highest BCUT2D eigenvalue weighted by molar-refractivity contribution is 7.20. The molecule has 0 spiro atoms. The third kappa shape index (κ3) is 4.96. The summed E-state index contributed by atoms with van der Waals surface area (Å²) in [5.74, 6) is 0.0473. The van der Waals surface area contributed by atoms with E-state index in [0.29, 0.717) is 25.2 Å². The maximum Gasteiger partial charge on any atom is 0.407 e. The molecule has 3 heterocycles. The molecule has 8 nitrogen and oxygen atoms in total. The second kappa shape index (κ2) is 10.2. The number of carbonyl (C=O) groups is 2. The first-order chi connectivity index (χ1) is 16.5. The molecule has 2 aromatic heterocycles. The van der Waals surface area contributed by atoms with Gasteiger partial charge < -0.3 is 15.3 Å². The summed E-state index contributed by atoms with van der Waals surface area (Å²) in [4.78, 5) is 30.3. The Labute approximate surface area is 205 Å². The number of carbonyl (C=O) groups excluding carboxylic acids is 1. The summed E-state index contributed by atoms with van der Waals surface area (Å²) in [6.45, 7) is 5.05. The van der Waals surface area contributed by atoms with E-state index in [2.05, 4.69) is 21.8 Å². The van der Waals surface area contributed by atoms with Gasteiger partial charge in [-0.25, -0.2) is 4.79 Å². The monoisotopic (exact) mass is 487 g/mol. The molecular weight excluding hydrogens is 450 g/mol. The Hall–Kier alpha value is -2.13. The first-order valence-corrected chi connectivity index (χ1v) is 13.8. The quantitative estimate of drug-likeness (QED) is 0.656. The Morgan fingerprint density at radius 2 is 1.74 bits per heavy atom. The predicted octanol–water partition coefficient (Wildman–Crippen LogP) is 4.64. The lowest BCUT2D eigenvalue weighted by molar-refractivity contribution is 0.0908. The zero-order valence-corrected chi connectivity index (χ0v) is 21.0. The van der Waals surface area contributed by atoms with Gasteiger partial charge in [-0.1, -0.05) is 19.3 Å². The number of rotatable bonds is 4. The molecule has 0 radical (unpaired) electrons. The van der Waals surface area contributed by atoms with Crippen LogP contribution in [0, 0.1) is 6.92 Å². The first-order valence-electron chi connectivity index (χ1n) is 13.0. The highest BCUT2D eigenvalue weighted by Crippen LogP contribution is 2.35. The molecule has 0 atom stereocenters. The Morgan fingerprint density at radius 1 is 0.971 bits per heavy atom. The minimum atomic E-state index is -0.809. The molecule has 3 aliphatic rings. The first kappa shape index (κ1) is 23.6. The number of thiophene rings is 1. The highest BCUT2D eigenvalue weighted by Gasteiger charge is 2.29. The Balaban J connectivity index is 1.17. The highest BCUT2D eigenvalue weighted by atomic mass is 32.1. The molecule has 9 heteroatoms. The van der Waals surface area contributed by atoms with Gasteiger partial charge >= 0.3 is 6.09 Å². The van der Waals surface area contributed by atoms with E-state index in [9.17, 15) is 14.7 Å². The van der Waals surface area contributed by atoms with Crippen molar-refractivity contribution in [3.05, 3.63) is 16.6 Å². The van der Waals surface area contributed by atoms with Gasteiger partial charge in [-0.05, 0) is 57.9 Å². The molecule has 2 aliphatic carbocycles. The van der Waals surface area contributed by atoms with Crippen LogP contribution in [0.1, 0.15) is 85.6 Å². The Morgan fingerprint density at radius 3 is 2.47 bits per heavy atom. The number of hydrogen-bond donors (Lipinski definition) is 2. The molecular formula is C25H37N5O3S. The molecule has 5 rings (SSSR count). The van der Waals surface area contributed by atoms with E-state index in [-0.39, 0.29) is 11.9 Å². The number of aryl methyl sites for hydroxylation is 1. The molecule has 34 heavy (non-hydrogen) atoms. The van der Waals surface area contributed by atoms with Crippen LogP contribution in [0.15, 0.2) is 6.07 Å². The van der Waals surface area contributed by atoms with Gasteiger partial charge in [0.1, 0.15) is 4.83 Å². The summed E-state index contributed by atoms with van der Waals surface area (Å²) in [6, 6.07) is 3.22. The summed E-state index contributed by atoms with van der Waals surface area (Å²) in [6.07, 6.45) is 10.4. The molecule has 3 fully saturated rings. The molecule has 2 amide bonds. The lowest BCUT2D eigenvalue weighted by Gasteiger charge is -2.36. The molecule has 2 N–H and O–H groups in total. The predicted molar refractivity (Wildman–Crippen MR) is 134 cm³/mol. The van der Waals surface area contributed by atoms with Gasteiger partial charge in [0.2, 0.25) is 0 Å². The fourth-order valence-corrected chi connectivity index (χ4v) is 7.23. The van der Waals surface area contributed by atoms with E-state index >= 15 is 0 Å². The number of carboxylic acid groups (broad SMARTS) is 1. The topological polar surface area (TPSA) is 90.7 Å². The van der Waals surface area contributed by atoms with Crippen molar-refractivity contribution in [2.24, 2.45) is 0 Å². The molecule has 186 valence electrons. The van der Waals surface area contributed by atoms with Gasteiger partial charge in [-0.3, -0.25) is 14.4 Å². The third-order valence-corrected chi connectivity index (χ3v) is 9.19. The summed E-state index contributed by atoms with van der Waals surface area (Å²) >= 11 is 1.59. The number of nitrogens with zero attached hydrogens (tertiary/aromatic N) is 4. The van der Waals surface area contributed by atoms with Gasteiger partial charge in [-0.2, -0.15) is 5.10 Å². The largest absolute Gasteiger partial charge is 0.465 e. The van der Waals surface area contributed by atoms with Crippen LogP contribution >= 0.6 is 11.3 Å². The summed E-state index contributed by atoms with van der Waals surface area (Å²) in [7, 11) is 0. The van der Waals surface area contributed by atoms with Crippen molar-refractivity contribution >= 4 is 33.6 Å². The van der Waals surface area contributed by atoms with Crippen LogP contribution < -0.4 is 5.32 Å². The van der Waals surface area contributed by atoms with Gasteiger partial charge in [0.15, 0.2) is 0 Å². The van der Waals surface area contributed by atoms with E-state index in [0.717, 1.165) is 66.0 Å². The normalized spacial score (nSPS) is 25.4. The Bertz CT molecular complexity index is 1020. The lowest BCUT2D eigenvalue weighted by atomic mass is 9.90. The summed E-state index contributed by atoms with van der Waals surface area (Å²) in [5, 5.41) is 18.5. The molecule has 2 aromatic rings. The molecule has 1 saturated heterocycles. The van der Waals surface area contributed by atoms with E-state index in [1.807, 2.05) is 6.07 Å². The molecule has 0 unspecified atom stereocenters. The van der Waals surface area contributed by atoms with Crippen LogP contribution in [0.5, 0.6) is 0 Å². The SMILES string of the molecule is Cc1nn(C2CCCCC2)c2sc(C(=O)N[C@H]3CC[C@H](N4CCCN(C(=O)O)CC4)CC3)cc12. The van der Waals surface area contributed by atoms with Gasteiger partial charge in [0, 0.05) is 43.6 Å². The van der Waals surface area contributed by atoms with Crippen molar-refractivity contribution in [2.75, 3.05) is 26.2 Å². The van der Waals surface area contributed by atoms with Crippen LogP contribution in [-0.4, -0.2) is 74.9 Å². The fourth-order valence-electron chi connectivity index (χ4n) is 6.09. The van der Waals surface area contributed by atoms with Crippen LogP contribution in [-0.2, 0) is 0 Å². The van der Waals surface area contributed by atoms with Crippen molar-refractivity contribution in [2.45, 2.75) is 89.3 Å². The van der Waals surface area contributed by atoms with E-state index in [1.165, 1.54) is 37.0 Å². The smallest absolute Gasteiger partial charge is 0.407 e. The zero-order valence-electron chi connectivity index (χ0n) is 20.2. The minimum absolute atomic E-state index is 0.0473. The van der Waals surface area contributed by atoms with Crippen molar-refractivity contribution in [3.8, 4) is 0 Å². The van der Waals surface area contributed by atoms with Crippen molar-refractivity contribution in [1.82, 2.24) is 24.9 Å². The van der Waals surface area contributed by atoms with Crippen molar-refractivity contribution in [3.63, 3.8) is 0 Å². The summed E-state index contributed by atoms with van der Waals surface area (Å²) in [5.41, 5.74) is 1.02. The molecule has 1 aliphatic heterocycles. The molecule has 0 bridgehead atoms. The van der Waals surface area contributed by atoms with Crippen LogP contribution in [0.4, 0.5) is 4.79 Å². The van der Waals surface area contributed by atoms with Crippen molar-refractivity contribution in [1.29, 1.82) is 0 Å². The van der Waals surface area contributed by atoms with E-state index < -0.39 is 6.09 Å².